The highest BCUT2D eigenvalue weighted by Crippen LogP contribution is 2.16. The van der Waals surface area contributed by atoms with Gasteiger partial charge in [-0.3, -0.25) is 4.99 Å². The van der Waals surface area contributed by atoms with Gasteiger partial charge in [0.05, 0.1) is 25.6 Å². The highest BCUT2D eigenvalue weighted by Gasteiger charge is 2.16. The highest BCUT2D eigenvalue weighted by molar-refractivity contribution is 6.10. The zero-order valence-corrected chi connectivity index (χ0v) is 12.7. The van der Waals surface area contributed by atoms with E-state index in [2.05, 4.69) is 9.98 Å². The van der Waals surface area contributed by atoms with Crippen LogP contribution in [0.3, 0.4) is 0 Å². The van der Waals surface area contributed by atoms with Crippen molar-refractivity contribution in [1.82, 2.24) is 4.98 Å². The topological polar surface area (TPSA) is 81.0 Å². The second-order valence-corrected chi connectivity index (χ2v) is 4.49. The van der Waals surface area contributed by atoms with Crippen LogP contribution in [0.25, 0.3) is 0 Å². The molecule has 0 bridgehead atoms. The maximum atomic E-state index is 11.8. The van der Waals surface area contributed by atoms with Crippen LogP contribution in [-0.2, 0) is 9.53 Å². The molecule has 0 atom stereocenters. The number of aliphatic hydroxyl groups is 1. The molecule has 1 heterocycles. The van der Waals surface area contributed by atoms with E-state index in [-0.39, 0.29) is 23.9 Å². The maximum absolute atomic E-state index is 11.8. The SMILES string of the molecule is CCOC(=O)C(C=Nc1ccc(OC)nc1)=C(O)C(C)C. The zero-order valence-electron chi connectivity index (χ0n) is 12.7. The molecule has 0 spiro atoms. The van der Waals surface area contributed by atoms with E-state index in [1.54, 1.807) is 32.9 Å². The van der Waals surface area contributed by atoms with Gasteiger partial charge in [-0.05, 0) is 13.0 Å². The Hall–Kier alpha value is -2.37. The molecule has 0 aliphatic heterocycles. The fraction of sp³-hybridized carbons (Fsp3) is 0.400. The number of nitrogens with zero attached hydrogens (tertiary/aromatic N) is 2. The lowest BCUT2D eigenvalue weighted by atomic mass is 10.1. The Balaban J connectivity index is 3.02. The first-order valence-electron chi connectivity index (χ1n) is 6.64. The first-order valence-corrected chi connectivity index (χ1v) is 6.64. The molecule has 6 nitrogen and oxygen atoms in total. The summed E-state index contributed by atoms with van der Waals surface area (Å²) in [6, 6.07) is 3.35. The number of aliphatic hydroxyl groups excluding tert-OH is 1. The van der Waals surface area contributed by atoms with E-state index in [4.69, 9.17) is 9.47 Å². The number of allylic oxidation sites excluding steroid dienone is 1. The van der Waals surface area contributed by atoms with E-state index in [0.717, 1.165) is 0 Å². The number of carbonyl (C=O) groups excluding carboxylic acids is 1. The second-order valence-electron chi connectivity index (χ2n) is 4.49. The van der Waals surface area contributed by atoms with Gasteiger partial charge < -0.3 is 14.6 Å². The van der Waals surface area contributed by atoms with Gasteiger partial charge in [0.25, 0.3) is 0 Å². The second kappa shape index (κ2) is 8.04. The summed E-state index contributed by atoms with van der Waals surface area (Å²) in [5.41, 5.74) is 0.580. The van der Waals surface area contributed by atoms with Crippen LogP contribution in [0, 0.1) is 5.92 Å². The minimum absolute atomic E-state index is 0.0441. The summed E-state index contributed by atoms with van der Waals surface area (Å²) in [7, 11) is 1.52. The molecule has 1 rings (SSSR count). The van der Waals surface area contributed by atoms with Gasteiger partial charge in [-0.2, -0.15) is 0 Å². The molecule has 1 aromatic heterocycles. The number of pyridine rings is 1. The van der Waals surface area contributed by atoms with Crippen molar-refractivity contribution in [2.75, 3.05) is 13.7 Å². The van der Waals surface area contributed by atoms with Crippen LogP contribution in [0.4, 0.5) is 5.69 Å². The van der Waals surface area contributed by atoms with Crippen LogP contribution >= 0.6 is 0 Å². The molecule has 0 saturated heterocycles. The van der Waals surface area contributed by atoms with Gasteiger partial charge in [-0.25, -0.2) is 9.78 Å². The quantitative estimate of drug-likeness (QED) is 0.377. The van der Waals surface area contributed by atoms with Gasteiger partial charge in [0, 0.05) is 18.2 Å². The van der Waals surface area contributed by atoms with E-state index in [1.165, 1.54) is 19.5 Å². The molecule has 21 heavy (non-hydrogen) atoms. The lowest BCUT2D eigenvalue weighted by Gasteiger charge is -2.09. The Labute approximate surface area is 124 Å². The molecule has 0 fully saturated rings. The number of aromatic nitrogens is 1. The van der Waals surface area contributed by atoms with E-state index < -0.39 is 5.97 Å². The molecule has 1 aromatic rings. The number of rotatable bonds is 6. The molecule has 0 aliphatic rings. The zero-order chi connectivity index (χ0) is 15.8. The van der Waals surface area contributed by atoms with Crippen molar-refractivity contribution >= 4 is 17.9 Å². The fourth-order valence-corrected chi connectivity index (χ4v) is 1.45. The Kier molecular flexibility index (Phi) is 6.39. The van der Waals surface area contributed by atoms with Gasteiger partial charge in [0.2, 0.25) is 5.88 Å². The first-order chi connectivity index (χ1) is 9.99. The predicted molar refractivity (Wildman–Crippen MR) is 80.1 cm³/mol. The molecule has 0 unspecified atom stereocenters. The standard InChI is InChI=1S/C15H20N2O4/c1-5-21-15(19)12(14(18)10(2)3)9-16-11-6-7-13(20-4)17-8-11/h6-10,18H,5H2,1-4H3. The van der Waals surface area contributed by atoms with Crippen LogP contribution < -0.4 is 4.74 Å². The third-order valence-corrected chi connectivity index (χ3v) is 2.59. The molecule has 6 heteroatoms. The number of carbonyl (C=O) groups is 1. The molecule has 114 valence electrons. The van der Waals surface area contributed by atoms with Gasteiger partial charge >= 0.3 is 5.97 Å². The van der Waals surface area contributed by atoms with Gasteiger partial charge in [-0.1, -0.05) is 13.8 Å². The van der Waals surface area contributed by atoms with Gasteiger partial charge in [-0.15, -0.1) is 0 Å². The van der Waals surface area contributed by atoms with E-state index in [9.17, 15) is 9.90 Å². The summed E-state index contributed by atoms with van der Waals surface area (Å²) < 4.78 is 9.86. The molecule has 0 amide bonds. The summed E-state index contributed by atoms with van der Waals surface area (Å²) in [6.45, 7) is 5.48. The molecular formula is C15H20N2O4. The van der Waals surface area contributed by atoms with Crippen molar-refractivity contribution in [2.24, 2.45) is 10.9 Å². The lowest BCUT2D eigenvalue weighted by molar-refractivity contribution is -0.138. The number of hydrogen-bond acceptors (Lipinski definition) is 6. The number of aliphatic imine (C=N–C) groups is 1. The maximum Gasteiger partial charge on any atom is 0.343 e. The van der Waals surface area contributed by atoms with Crippen LogP contribution in [0.2, 0.25) is 0 Å². The third-order valence-electron chi connectivity index (χ3n) is 2.59. The van der Waals surface area contributed by atoms with E-state index in [1.807, 2.05) is 0 Å². The minimum Gasteiger partial charge on any atom is -0.511 e. The van der Waals surface area contributed by atoms with Crippen molar-refractivity contribution in [1.29, 1.82) is 0 Å². The smallest absolute Gasteiger partial charge is 0.343 e. The monoisotopic (exact) mass is 292 g/mol. The van der Waals surface area contributed by atoms with Gasteiger partial charge in [0.1, 0.15) is 11.3 Å². The van der Waals surface area contributed by atoms with Crippen molar-refractivity contribution in [3.05, 3.63) is 29.7 Å². The fourth-order valence-electron chi connectivity index (χ4n) is 1.45. The first kappa shape index (κ1) is 16.7. The summed E-state index contributed by atoms with van der Waals surface area (Å²) >= 11 is 0. The van der Waals surface area contributed by atoms with E-state index in [0.29, 0.717) is 11.6 Å². The van der Waals surface area contributed by atoms with Gasteiger partial charge in [0.15, 0.2) is 0 Å². The van der Waals surface area contributed by atoms with Crippen molar-refractivity contribution in [3.8, 4) is 5.88 Å². The van der Waals surface area contributed by atoms with Crippen molar-refractivity contribution in [3.63, 3.8) is 0 Å². The average molecular weight is 292 g/mol. The predicted octanol–water partition coefficient (Wildman–Crippen LogP) is 2.82. The molecule has 0 radical (unpaired) electrons. The van der Waals surface area contributed by atoms with Crippen molar-refractivity contribution in [2.45, 2.75) is 20.8 Å². The van der Waals surface area contributed by atoms with E-state index >= 15 is 0 Å². The normalized spacial score (nSPS) is 12.4. The number of methoxy groups -OCH3 is 1. The Morgan fingerprint density at radius 2 is 2.19 bits per heavy atom. The Morgan fingerprint density at radius 1 is 1.48 bits per heavy atom. The van der Waals surface area contributed by atoms with Crippen LogP contribution in [0.1, 0.15) is 20.8 Å². The largest absolute Gasteiger partial charge is 0.511 e. The molecule has 0 aromatic carbocycles. The molecule has 1 N–H and O–H groups in total. The summed E-state index contributed by atoms with van der Waals surface area (Å²) in [4.78, 5) is 20.0. The van der Waals surface area contributed by atoms with Crippen LogP contribution in [0.15, 0.2) is 34.7 Å². The van der Waals surface area contributed by atoms with Crippen LogP contribution in [0.5, 0.6) is 5.88 Å². The summed E-state index contributed by atoms with van der Waals surface area (Å²) in [5, 5.41) is 10.00. The average Bonchev–Trinajstić information content (AvgIpc) is 2.48. The number of esters is 1. The number of ether oxygens (including phenoxy) is 2. The summed E-state index contributed by atoms with van der Waals surface area (Å²) in [6.07, 6.45) is 2.79. The van der Waals surface area contributed by atoms with Crippen molar-refractivity contribution < 1.29 is 19.4 Å². The van der Waals surface area contributed by atoms with Crippen LogP contribution in [-0.4, -0.2) is 36.0 Å². The minimum atomic E-state index is -0.603. The lowest BCUT2D eigenvalue weighted by Crippen LogP contribution is -2.13. The Morgan fingerprint density at radius 3 is 2.67 bits per heavy atom. The Bertz CT molecular complexity index is 533. The summed E-state index contributed by atoms with van der Waals surface area (Å²) in [5.74, 6) is -0.391. The molecule has 0 aliphatic carbocycles. The third kappa shape index (κ3) is 4.91. The molecule has 0 saturated carbocycles. The number of hydrogen-bond donors (Lipinski definition) is 1. The highest BCUT2D eigenvalue weighted by atomic mass is 16.5. The molecular weight excluding hydrogens is 272 g/mol.